The largest absolute Gasteiger partial charge is 0.462 e. The number of allylic oxidation sites excluding steroid dienone is 12. The van der Waals surface area contributed by atoms with Crippen molar-refractivity contribution < 1.29 is 79.6 Å². The van der Waals surface area contributed by atoms with Gasteiger partial charge in [0.15, 0.2) is 18.1 Å². The summed E-state index contributed by atoms with van der Waals surface area (Å²) in [6.45, 7) is 6.73. The number of hydrogen-bond donors (Lipinski definition) is 13. The summed E-state index contributed by atoms with van der Waals surface area (Å²) in [7, 11) is 1.36. The van der Waals surface area contributed by atoms with Crippen LogP contribution in [0.25, 0.3) is 0 Å². The molecule has 21 heteroatoms. The highest BCUT2D eigenvalue weighted by atomic mass is 16.7. The van der Waals surface area contributed by atoms with Gasteiger partial charge in [-0.25, -0.2) is 4.79 Å². The van der Waals surface area contributed by atoms with Crippen LogP contribution in [-0.4, -0.2) is 174 Å². The van der Waals surface area contributed by atoms with Crippen molar-refractivity contribution in [3.8, 4) is 0 Å². The molecule has 388 valence electrons. The first-order chi connectivity index (χ1) is 32.7. The Labute approximate surface area is 403 Å². The fourth-order valence-corrected chi connectivity index (χ4v) is 8.21. The number of carbonyl (C=O) groups is 2. The van der Waals surface area contributed by atoms with Crippen molar-refractivity contribution in [2.24, 2.45) is 17.0 Å². The minimum Gasteiger partial charge on any atom is -0.462 e. The summed E-state index contributed by atoms with van der Waals surface area (Å²) in [6.07, 6.45) is 4.10. The third kappa shape index (κ3) is 20.2. The van der Waals surface area contributed by atoms with Gasteiger partial charge >= 0.3 is 12.0 Å². The van der Waals surface area contributed by atoms with Crippen LogP contribution in [0.3, 0.4) is 0 Å². The van der Waals surface area contributed by atoms with E-state index in [9.17, 15) is 60.7 Å². The number of amides is 2. The molecule has 2 unspecified atom stereocenters. The number of nitrogens with one attached hydrogen (secondary N) is 3. The molecule has 21 nitrogen and oxygen atoms in total. The van der Waals surface area contributed by atoms with Crippen molar-refractivity contribution >= 4 is 12.0 Å². The van der Waals surface area contributed by atoms with Crippen LogP contribution in [0.4, 0.5) is 4.79 Å². The van der Waals surface area contributed by atoms with Crippen molar-refractivity contribution in [2.45, 2.75) is 183 Å². The molecule has 69 heavy (non-hydrogen) atoms. The van der Waals surface area contributed by atoms with Crippen molar-refractivity contribution in [1.29, 1.82) is 5.53 Å². The predicted octanol–water partition coefficient (Wildman–Crippen LogP) is 0.900. The highest BCUT2D eigenvalue weighted by Gasteiger charge is 2.50. The van der Waals surface area contributed by atoms with Crippen LogP contribution in [0, 0.1) is 17.4 Å². The average Bonchev–Trinajstić information content (AvgIpc) is 3.28. The number of rotatable bonds is 4. The van der Waals surface area contributed by atoms with E-state index < -0.39 is 147 Å². The van der Waals surface area contributed by atoms with Gasteiger partial charge in [0.2, 0.25) is 4.91 Å². The Morgan fingerprint density at radius 2 is 1.32 bits per heavy atom. The van der Waals surface area contributed by atoms with E-state index in [1.165, 1.54) is 14.0 Å². The van der Waals surface area contributed by atoms with Crippen LogP contribution in [0.1, 0.15) is 79.1 Å². The topological polar surface area (TPSA) is 348 Å². The smallest absolute Gasteiger partial charge is 0.314 e. The lowest BCUT2D eigenvalue weighted by Crippen LogP contribution is -2.63. The molecule has 0 radical (unpaired) electrons. The zero-order valence-corrected chi connectivity index (χ0v) is 39.9. The number of esters is 1. The van der Waals surface area contributed by atoms with E-state index in [-0.39, 0.29) is 31.6 Å². The van der Waals surface area contributed by atoms with Gasteiger partial charge in [0.25, 0.3) is 0 Å². The van der Waals surface area contributed by atoms with E-state index in [0.717, 1.165) is 0 Å². The standard InChI is InChI=1S/C48H75N5O16/c1-28-18-16-14-12-10-8-6-7-9-11-13-15-17-19-35(68-46-45(63)42(52-53-49)44(62)31(4)67-46)25-39-41(51-47(64)50-5)38(59)27-48(65,69-39)26-34(56)23-37(58)36(57)21-20-32(54)22-33(55)24-40(60)66-30(3)29(2)43(28)61/h6-19,28-39,41-46,49,54-59,61-63,65H,20-27H2,1-5H3,(H-,50,51,64)/p+1/b7-6+,10-8+,11-9+,14-12+,15-13+,18-16+,19-17+/t28-,29-,30-,31+,32+,33+,34-,35-,36+,37+,38-,39?,41+,42-,43?,44+,45-,46-,48+/m0/s1. The molecular formula is C48H76N5O16+. The second-order valence-electron chi connectivity index (χ2n) is 18.1. The molecule has 0 aromatic carbocycles. The summed E-state index contributed by atoms with van der Waals surface area (Å²) in [5.74, 6) is -3.73. The number of cyclic esters (lactones) is 1. The zero-order chi connectivity index (χ0) is 51.3. The molecule has 3 aliphatic rings. The van der Waals surface area contributed by atoms with Crippen molar-refractivity contribution in [2.75, 3.05) is 7.05 Å². The van der Waals surface area contributed by atoms with Crippen LogP contribution < -0.4 is 15.5 Å². The summed E-state index contributed by atoms with van der Waals surface area (Å²) >= 11 is 0. The average molecular weight is 979 g/mol. The number of nitrogens with zero attached hydrogens (tertiary/aromatic N) is 2. The maximum absolute atomic E-state index is 12.7. The van der Waals surface area contributed by atoms with Gasteiger partial charge < -0.3 is 80.6 Å². The SMILES string of the molecule is CNC(=O)N[C@H]1C2C[C@@H](O[C@@H]3O[C@H](C)[C@@H](O)[C@H](N=[N+]=N)[C@@H]3O)/C=C/C=C/C=C/C=C/C=C/C=C/C=C/[C@H](C)C(O)[C@@H](C)[C@H](C)OC(=O)C[C@H](O)C[C@H](O)CC[C@@H](O)[C@H](O)C[C@H](O)C[C@](O)(C[C@@H]1O)O2. The normalized spacial score (nSPS) is 43.3. The molecule has 3 heterocycles. The predicted molar refractivity (Wildman–Crippen MR) is 250 cm³/mol. The zero-order valence-electron chi connectivity index (χ0n) is 39.9. The first kappa shape index (κ1) is 59.0. The summed E-state index contributed by atoms with van der Waals surface area (Å²) in [6, 6.07) is -3.15. The number of carbonyl (C=O) groups excluding carboxylic acids is 2. The first-order valence-corrected chi connectivity index (χ1v) is 23.4. The highest BCUT2D eigenvalue weighted by molar-refractivity contribution is 5.74. The lowest BCUT2D eigenvalue weighted by atomic mass is 9.87. The summed E-state index contributed by atoms with van der Waals surface area (Å²) in [5, 5.41) is 118. The molecule has 2 fully saturated rings. The minimum atomic E-state index is -2.26. The second kappa shape index (κ2) is 29.8. The van der Waals surface area contributed by atoms with Gasteiger partial charge in [0, 0.05) is 44.6 Å². The van der Waals surface area contributed by atoms with Crippen LogP contribution in [-0.2, 0) is 23.7 Å². The van der Waals surface area contributed by atoms with Gasteiger partial charge in [-0.1, -0.05) is 98.9 Å². The molecule has 0 aliphatic carbocycles. The van der Waals surface area contributed by atoms with Gasteiger partial charge in [-0.2, -0.15) is 0 Å². The Hall–Kier alpha value is -4.29. The highest BCUT2D eigenvalue weighted by Crippen LogP contribution is 2.35. The van der Waals surface area contributed by atoms with Gasteiger partial charge in [0.05, 0.1) is 73.5 Å². The molecule has 2 saturated heterocycles. The molecule has 2 bridgehead atoms. The molecule has 13 N–H and O–H groups in total. The quantitative estimate of drug-likeness (QED) is 0.106. The molecule has 0 saturated carbocycles. The van der Waals surface area contributed by atoms with Gasteiger partial charge in [-0.05, 0) is 33.1 Å². The Morgan fingerprint density at radius 3 is 1.91 bits per heavy atom. The lowest BCUT2D eigenvalue weighted by molar-refractivity contribution is -0.303. The summed E-state index contributed by atoms with van der Waals surface area (Å²) in [4.78, 5) is 28.2. The van der Waals surface area contributed by atoms with E-state index in [1.807, 2.05) is 31.2 Å². The fourth-order valence-electron chi connectivity index (χ4n) is 8.21. The number of ether oxygens (including phenoxy) is 4. The lowest BCUT2D eigenvalue weighted by Gasteiger charge is -2.46. The molecule has 3 rings (SSSR count). The third-order valence-electron chi connectivity index (χ3n) is 12.4. The Bertz CT molecular complexity index is 1840. The Morgan fingerprint density at radius 1 is 0.725 bits per heavy atom. The van der Waals surface area contributed by atoms with E-state index >= 15 is 0 Å². The molecule has 0 spiro atoms. The Balaban J connectivity index is 1.92. The van der Waals surface area contributed by atoms with Gasteiger partial charge in [0.1, 0.15) is 29.0 Å². The molecule has 3 aliphatic heterocycles. The van der Waals surface area contributed by atoms with E-state index in [1.54, 1.807) is 74.6 Å². The number of aliphatic hydroxyl groups is 10. The Kier molecular flexibility index (Phi) is 25.5. The molecule has 0 aromatic rings. The fraction of sp³-hybridized carbons (Fsp3) is 0.667. The molecule has 0 aromatic heterocycles. The van der Waals surface area contributed by atoms with Crippen molar-refractivity contribution in [1.82, 2.24) is 15.5 Å². The number of aliphatic hydroxyl groups excluding tert-OH is 9. The van der Waals surface area contributed by atoms with Crippen LogP contribution >= 0.6 is 0 Å². The maximum Gasteiger partial charge on any atom is 0.314 e. The van der Waals surface area contributed by atoms with E-state index in [2.05, 4.69) is 20.7 Å². The van der Waals surface area contributed by atoms with Crippen LogP contribution in [0.15, 0.2) is 90.2 Å². The van der Waals surface area contributed by atoms with E-state index in [4.69, 9.17) is 24.5 Å². The van der Waals surface area contributed by atoms with E-state index in [0.29, 0.717) is 0 Å². The van der Waals surface area contributed by atoms with Crippen molar-refractivity contribution in [3.63, 3.8) is 0 Å². The van der Waals surface area contributed by atoms with Gasteiger partial charge in [-0.15, -0.1) is 0 Å². The third-order valence-corrected chi connectivity index (χ3v) is 12.4. The van der Waals surface area contributed by atoms with Crippen LogP contribution in [0.5, 0.6) is 0 Å². The van der Waals surface area contributed by atoms with Crippen molar-refractivity contribution in [3.05, 3.63) is 85.1 Å². The number of hydrogen-bond acceptors (Lipinski definition) is 18. The number of fused-ring (bicyclic) bond motifs is 2. The number of urea groups is 1. The maximum atomic E-state index is 12.7. The molecule has 2 amide bonds. The first-order valence-electron chi connectivity index (χ1n) is 23.4. The van der Waals surface area contributed by atoms with Gasteiger partial charge in [-0.3, -0.25) is 4.79 Å². The monoisotopic (exact) mass is 979 g/mol. The molecule has 19 atom stereocenters. The van der Waals surface area contributed by atoms with Crippen LogP contribution in [0.2, 0.25) is 0 Å². The summed E-state index contributed by atoms with van der Waals surface area (Å²) < 4.78 is 23.6. The minimum absolute atomic E-state index is 0.101. The summed E-state index contributed by atoms with van der Waals surface area (Å²) in [5.41, 5.74) is 7.19. The molecular weight excluding hydrogens is 903 g/mol. The second-order valence-corrected chi connectivity index (χ2v) is 18.1.